The third kappa shape index (κ3) is 6.44. The molecule has 3 rings (SSSR count). The summed E-state index contributed by atoms with van der Waals surface area (Å²) in [7, 11) is 0. The maximum absolute atomic E-state index is 12.3. The summed E-state index contributed by atoms with van der Waals surface area (Å²) in [5, 5.41) is 3.00. The van der Waals surface area contributed by atoms with Crippen molar-refractivity contribution < 1.29 is 19.1 Å². The molecule has 0 spiro atoms. The van der Waals surface area contributed by atoms with E-state index in [1.165, 1.54) is 6.42 Å². The molecule has 6 nitrogen and oxygen atoms in total. The van der Waals surface area contributed by atoms with Crippen LogP contribution in [0.1, 0.15) is 51.0 Å². The number of carbonyl (C=O) groups excluding carboxylic acids is 3. The molecular formula is C24H32N2O4. The van der Waals surface area contributed by atoms with Crippen LogP contribution in [-0.2, 0) is 19.1 Å². The molecule has 2 atom stereocenters. The molecule has 2 aliphatic rings. The zero-order valence-electron chi connectivity index (χ0n) is 17.7. The fourth-order valence-corrected chi connectivity index (χ4v) is 4.21. The SMILES string of the molecule is C[C@@H]1CCCC[C@H]1NC(=O)COC(=O)C1CCN(C(=O)/C=C/c2ccccc2)CC1. The highest BCUT2D eigenvalue weighted by Crippen LogP contribution is 2.23. The number of piperidine rings is 1. The summed E-state index contributed by atoms with van der Waals surface area (Å²) in [6.45, 7) is 2.97. The van der Waals surface area contributed by atoms with Gasteiger partial charge in [0.25, 0.3) is 5.91 Å². The Morgan fingerprint density at radius 3 is 2.47 bits per heavy atom. The van der Waals surface area contributed by atoms with Crippen LogP contribution in [0.5, 0.6) is 0 Å². The zero-order valence-corrected chi connectivity index (χ0v) is 17.7. The molecule has 2 amide bonds. The van der Waals surface area contributed by atoms with E-state index in [1.54, 1.807) is 17.1 Å². The van der Waals surface area contributed by atoms with Crippen molar-refractivity contribution in [3.05, 3.63) is 42.0 Å². The molecule has 1 saturated heterocycles. The molecule has 1 saturated carbocycles. The number of likely N-dealkylation sites (tertiary alicyclic amines) is 1. The maximum Gasteiger partial charge on any atom is 0.309 e. The average Bonchev–Trinajstić information content (AvgIpc) is 2.78. The second kappa shape index (κ2) is 11.0. The number of amides is 2. The molecule has 0 aromatic heterocycles. The van der Waals surface area contributed by atoms with Gasteiger partial charge in [-0.3, -0.25) is 14.4 Å². The fraction of sp³-hybridized carbons (Fsp3) is 0.542. The van der Waals surface area contributed by atoms with Crippen LogP contribution in [0.15, 0.2) is 36.4 Å². The lowest BCUT2D eigenvalue weighted by atomic mass is 9.86. The molecule has 1 heterocycles. The quantitative estimate of drug-likeness (QED) is 0.575. The lowest BCUT2D eigenvalue weighted by Gasteiger charge is -2.30. The summed E-state index contributed by atoms with van der Waals surface area (Å²) in [4.78, 5) is 38.6. The second-order valence-electron chi connectivity index (χ2n) is 8.39. The number of esters is 1. The molecule has 0 unspecified atom stereocenters. The van der Waals surface area contributed by atoms with Crippen molar-refractivity contribution in [3.63, 3.8) is 0 Å². The van der Waals surface area contributed by atoms with E-state index in [0.717, 1.165) is 24.8 Å². The van der Waals surface area contributed by atoms with E-state index in [1.807, 2.05) is 30.3 Å². The van der Waals surface area contributed by atoms with Gasteiger partial charge in [-0.25, -0.2) is 0 Å². The lowest BCUT2D eigenvalue weighted by molar-refractivity contribution is -0.155. The first-order chi connectivity index (χ1) is 14.5. The van der Waals surface area contributed by atoms with E-state index < -0.39 is 0 Å². The highest BCUT2D eigenvalue weighted by molar-refractivity contribution is 5.92. The monoisotopic (exact) mass is 412 g/mol. The summed E-state index contributed by atoms with van der Waals surface area (Å²) >= 11 is 0. The normalized spacial score (nSPS) is 22.6. The first-order valence-corrected chi connectivity index (χ1v) is 11.0. The smallest absolute Gasteiger partial charge is 0.309 e. The average molecular weight is 413 g/mol. The number of hydrogen-bond donors (Lipinski definition) is 1. The summed E-state index contributed by atoms with van der Waals surface area (Å²) in [5.41, 5.74) is 0.977. The minimum atomic E-state index is -0.339. The third-order valence-electron chi connectivity index (χ3n) is 6.16. The summed E-state index contributed by atoms with van der Waals surface area (Å²) < 4.78 is 5.25. The van der Waals surface area contributed by atoms with Crippen LogP contribution in [0.3, 0.4) is 0 Å². The molecule has 1 N–H and O–H groups in total. The van der Waals surface area contributed by atoms with E-state index >= 15 is 0 Å². The van der Waals surface area contributed by atoms with Gasteiger partial charge in [0.1, 0.15) is 0 Å². The second-order valence-corrected chi connectivity index (χ2v) is 8.39. The Morgan fingerprint density at radius 2 is 1.77 bits per heavy atom. The van der Waals surface area contributed by atoms with E-state index in [4.69, 9.17) is 4.74 Å². The molecule has 0 radical (unpaired) electrons. The van der Waals surface area contributed by atoms with E-state index in [2.05, 4.69) is 12.2 Å². The van der Waals surface area contributed by atoms with Gasteiger partial charge >= 0.3 is 5.97 Å². The third-order valence-corrected chi connectivity index (χ3v) is 6.16. The highest BCUT2D eigenvalue weighted by atomic mass is 16.5. The number of rotatable bonds is 6. The summed E-state index contributed by atoms with van der Waals surface area (Å²) in [6, 6.07) is 9.86. The molecule has 1 aromatic rings. The molecule has 2 fully saturated rings. The largest absolute Gasteiger partial charge is 0.455 e. The topological polar surface area (TPSA) is 75.7 Å². The maximum atomic E-state index is 12.3. The van der Waals surface area contributed by atoms with Gasteiger partial charge in [0, 0.05) is 25.2 Å². The Balaban J connectivity index is 1.37. The predicted octanol–water partition coefficient (Wildman–Crippen LogP) is 3.18. The predicted molar refractivity (Wildman–Crippen MR) is 115 cm³/mol. The molecule has 1 aliphatic carbocycles. The van der Waals surface area contributed by atoms with Crippen molar-refractivity contribution in [1.29, 1.82) is 0 Å². The number of ether oxygens (including phenoxy) is 1. The molecule has 162 valence electrons. The molecular weight excluding hydrogens is 380 g/mol. The van der Waals surface area contributed by atoms with E-state index in [-0.39, 0.29) is 36.4 Å². The van der Waals surface area contributed by atoms with Crippen molar-refractivity contribution in [2.24, 2.45) is 11.8 Å². The fourth-order valence-electron chi connectivity index (χ4n) is 4.21. The number of benzene rings is 1. The Kier molecular flexibility index (Phi) is 8.05. The van der Waals surface area contributed by atoms with Crippen LogP contribution < -0.4 is 5.32 Å². The number of hydrogen-bond acceptors (Lipinski definition) is 4. The number of nitrogens with zero attached hydrogens (tertiary/aromatic N) is 1. The van der Waals surface area contributed by atoms with E-state index in [0.29, 0.717) is 31.8 Å². The van der Waals surface area contributed by atoms with Crippen LogP contribution in [0, 0.1) is 11.8 Å². The van der Waals surface area contributed by atoms with Gasteiger partial charge in [0.2, 0.25) is 5.91 Å². The Morgan fingerprint density at radius 1 is 1.07 bits per heavy atom. The van der Waals surface area contributed by atoms with Crippen LogP contribution in [0.4, 0.5) is 0 Å². The molecule has 1 aromatic carbocycles. The minimum Gasteiger partial charge on any atom is -0.455 e. The van der Waals surface area contributed by atoms with Crippen molar-refractivity contribution in [2.75, 3.05) is 19.7 Å². The van der Waals surface area contributed by atoms with Crippen molar-refractivity contribution in [2.45, 2.75) is 51.5 Å². The highest BCUT2D eigenvalue weighted by Gasteiger charge is 2.28. The Bertz CT molecular complexity index is 754. The molecule has 30 heavy (non-hydrogen) atoms. The summed E-state index contributed by atoms with van der Waals surface area (Å²) in [5.74, 6) is -0.397. The van der Waals surface area contributed by atoms with Crippen LogP contribution in [-0.4, -0.2) is 48.4 Å². The van der Waals surface area contributed by atoms with Crippen molar-refractivity contribution >= 4 is 23.9 Å². The Labute approximate surface area is 178 Å². The first kappa shape index (κ1) is 22.1. The van der Waals surface area contributed by atoms with Crippen molar-refractivity contribution in [1.82, 2.24) is 10.2 Å². The van der Waals surface area contributed by atoms with Gasteiger partial charge in [0.15, 0.2) is 6.61 Å². The van der Waals surface area contributed by atoms with Gasteiger partial charge in [0.05, 0.1) is 5.92 Å². The van der Waals surface area contributed by atoms with Crippen molar-refractivity contribution in [3.8, 4) is 0 Å². The Hall–Kier alpha value is -2.63. The number of carbonyl (C=O) groups is 3. The van der Waals surface area contributed by atoms with Crippen LogP contribution in [0.25, 0.3) is 6.08 Å². The van der Waals surface area contributed by atoms with E-state index in [9.17, 15) is 14.4 Å². The van der Waals surface area contributed by atoms with Crippen LogP contribution >= 0.6 is 0 Å². The first-order valence-electron chi connectivity index (χ1n) is 11.0. The molecule has 6 heteroatoms. The van der Waals surface area contributed by atoms with Crippen LogP contribution in [0.2, 0.25) is 0 Å². The molecule has 0 bridgehead atoms. The standard InChI is InChI=1S/C24H32N2O4/c1-18-7-5-6-10-21(18)25-22(27)17-30-24(29)20-13-15-26(16-14-20)23(28)12-11-19-8-3-2-4-9-19/h2-4,8-9,11-12,18,20-21H,5-7,10,13-17H2,1H3,(H,25,27)/b12-11+/t18-,21-/m1/s1. The lowest BCUT2D eigenvalue weighted by Crippen LogP contribution is -2.43. The number of nitrogens with one attached hydrogen (secondary N) is 1. The minimum absolute atomic E-state index is 0.0494. The van der Waals surface area contributed by atoms with Gasteiger partial charge < -0.3 is 15.0 Å². The summed E-state index contributed by atoms with van der Waals surface area (Å²) in [6.07, 6.45) is 8.96. The van der Waals surface area contributed by atoms with Gasteiger partial charge in [-0.05, 0) is 43.2 Å². The van der Waals surface area contributed by atoms with Gasteiger partial charge in [-0.15, -0.1) is 0 Å². The van der Waals surface area contributed by atoms with Gasteiger partial charge in [-0.1, -0.05) is 50.1 Å². The zero-order chi connectivity index (χ0) is 21.3. The molecule has 1 aliphatic heterocycles. The van der Waals surface area contributed by atoms with Gasteiger partial charge in [-0.2, -0.15) is 0 Å².